The minimum atomic E-state index is -1.06. The van der Waals surface area contributed by atoms with Crippen LogP contribution in [0.1, 0.15) is 53.4 Å². The predicted molar refractivity (Wildman–Crippen MR) is 119 cm³/mol. The predicted octanol–water partition coefficient (Wildman–Crippen LogP) is 3.06. The van der Waals surface area contributed by atoms with Crippen LogP contribution in [0.5, 0.6) is 0 Å². The summed E-state index contributed by atoms with van der Waals surface area (Å²) < 4.78 is 15.8. The number of anilines is 1. The maximum Gasteiger partial charge on any atom is 0.410 e. The quantitative estimate of drug-likeness (QED) is 0.659. The van der Waals surface area contributed by atoms with E-state index in [1.807, 2.05) is 41.5 Å². The van der Waals surface area contributed by atoms with Crippen molar-refractivity contribution in [2.24, 2.45) is 0 Å². The number of methoxy groups -OCH3 is 1. The average molecular weight is 451 g/mol. The van der Waals surface area contributed by atoms with E-state index in [2.05, 4.69) is 4.90 Å². The molecule has 2 rings (SSSR count). The van der Waals surface area contributed by atoms with Crippen LogP contribution >= 0.6 is 0 Å². The minimum Gasteiger partial charge on any atom is -0.480 e. The highest BCUT2D eigenvalue weighted by Gasteiger charge is 2.30. The second kappa shape index (κ2) is 10.2. The number of carbonyl (C=O) groups excluding carboxylic acids is 2. The van der Waals surface area contributed by atoms with E-state index in [9.17, 15) is 14.4 Å². The van der Waals surface area contributed by atoms with Crippen LogP contribution in [-0.2, 0) is 25.6 Å². The molecule has 0 bridgehead atoms. The van der Waals surface area contributed by atoms with Crippen LogP contribution in [0.4, 0.5) is 10.5 Å². The number of carboxylic acids is 1. The lowest BCUT2D eigenvalue weighted by atomic mass is 9.90. The Labute approximate surface area is 189 Å². The Bertz CT molecular complexity index is 882. The fourth-order valence-corrected chi connectivity index (χ4v) is 4.03. The van der Waals surface area contributed by atoms with Gasteiger partial charge in [-0.2, -0.15) is 0 Å². The molecule has 0 atom stereocenters. The third kappa shape index (κ3) is 5.91. The molecule has 1 aromatic rings. The van der Waals surface area contributed by atoms with Gasteiger partial charge in [0.2, 0.25) is 0 Å². The molecule has 9 heteroatoms. The largest absolute Gasteiger partial charge is 0.480 e. The fraction of sp³-hybridized carbons (Fsp3) is 0.609. The maximum atomic E-state index is 12.6. The maximum absolute atomic E-state index is 12.6. The van der Waals surface area contributed by atoms with E-state index < -0.39 is 24.1 Å². The van der Waals surface area contributed by atoms with Gasteiger partial charge >= 0.3 is 18.0 Å². The molecule has 0 unspecified atom stereocenters. The van der Waals surface area contributed by atoms with Gasteiger partial charge < -0.3 is 29.1 Å². The molecule has 1 aliphatic heterocycles. The zero-order valence-corrected chi connectivity index (χ0v) is 20.0. The van der Waals surface area contributed by atoms with Crippen molar-refractivity contribution >= 4 is 23.7 Å². The lowest BCUT2D eigenvalue weighted by Gasteiger charge is -2.39. The van der Waals surface area contributed by atoms with Crippen LogP contribution in [-0.4, -0.2) is 73.5 Å². The fourth-order valence-electron chi connectivity index (χ4n) is 4.03. The molecule has 9 nitrogen and oxygen atoms in total. The van der Waals surface area contributed by atoms with Crippen molar-refractivity contribution in [3.63, 3.8) is 0 Å². The second-order valence-corrected chi connectivity index (χ2v) is 8.91. The molecule has 1 fully saturated rings. The number of esters is 1. The standard InChI is InChI=1S/C23H34N2O7/c1-14-17(12-31-13-18(26)27)15(2)20(16(3)19(14)21(28)30-7)24-8-10-25(11-9-24)22(29)32-23(4,5)6/h8-13H2,1-7H3,(H,26,27). The molecule has 1 heterocycles. The monoisotopic (exact) mass is 450 g/mol. The summed E-state index contributed by atoms with van der Waals surface area (Å²) in [6.45, 7) is 12.9. The number of amides is 1. The van der Waals surface area contributed by atoms with E-state index in [1.54, 1.807) is 4.90 Å². The van der Waals surface area contributed by atoms with Crippen molar-refractivity contribution in [2.45, 2.75) is 53.8 Å². The van der Waals surface area contributed by atoms with E-state index in [0.717, 1.165) is 22.4 Å². The first kappa shape index (κ1) is 25.5. The lowest BCUT2D eigenvalue weighted by Crippen LogP contribution is -2.50. The summed E-state index contributed by atoms with van der Waals surface area (Å²) in [6.07, 6.45) is -0.340. The number of hydrogen-bond donors (Lipinski definition) is 1. The summed E-state index contributed by atoms with van der Waals surface area (Å²) in [7, 11) is 1.33. The molecule has 0 aliphatic carbocycles. The van der Waals surface area contributed by atoms with Gasteiger partial charge in [-0.25, -0.2) is 14.4 Å². The smallest absolute Gasteiger partial charge is 0.410 e. The van der Waals surface area contributed by atoms with Gasteiger partial charge in [0.25, 0.3) is 0 Å². The Morgan fingerprint density at radius 3 is 2.06 bits per heavy atom. The van der Waals surface area contributed by atoms with Gasteiger partial charge in [-0.15, -0.1) is 0 Å². The number of carbonyl (C=O) groups is 3. The first-order valence-corrected chi connectivity index (χ1v) is 10.6. The highest BCUT2D eigenvalue weighted by molar-refractivity contribution is 5.95. The number of rotatable bonds is 6. The molecular formula is C23H34N2O7. The van der Waals surface area contributed by atoms with Crippen LogP contribution < -0.4 is 4.90 Å². The van der Waals surface area contributed by atoms with E-state index in [0.29, 0.717) is 37.3 Å². The summed E-state index contributed by atoms with van der Waals surface area (Å²) in [5.74, 6) is -1.51. The molecule has 0 spiro atoms. The van der Waals surface area contributed by atoms with Gasteiger partial charge in [0.05, 0.1) is 19.3 Å². The van der Waals surface area contributed by atoms with Crippen LogP contribution in [0.15, 0.2) is 0 Å². The summed E-state index contributed by atoms with van der Waals surface area (Å²) in [6, 6.07) is 0. The SMILES string of the molecule is COC(=O)c1c(C)c(COCC(=O)O)c(C)c(N2CCN(C(=O)OC(C)(C)C)CC2)c1C. The van der Waals surface area contributed by atoms with Crippen molar-refractivity contribution in [2.75, 3.05) is 44.8 Å². The van der Waals surface area contributed by atoms with Crippen LogP contribution in [0, 0.1) is 20.8 Å². The summed E-state index contributed by atoms with van der Waals surface area (Å²) in [5.41, 5.74) is 3.97. The van der Waals surface area contributed by atoms with E-state index >= 15 is 0 Å². The van der Waals surface area contributed by atoms with Crippen LogP contribution in [0.2, 0.25) is 0 Å². The Morgan fingerprint density at radius 1 is 0.969 bits per heavy atom. The van der Waals surface area contributed by atoms with E-state index in [1.165, 1.54) is 7.11 Å². The first-order valence-electron chi connectivity index (χ1n) is 10.6. The molecule has 1 amide bonds. The molecule has 0 aromatic heterocycles. The molecule has 0 saturated carbocycles. The van der Waals surface area contributed by atoms with Gasteiger partial charge in [0.15, 0.2) is 0 Å². The number of carboxylic acid groups (broad SMARTS) is 1. The topological polar surface area (TPSA) is 106 Å². The first-order chi connectivity index (χ1) is 14.9. The van der Waals surface area contributed by atoms with Gasteiger partial charge in [-0.1, -0.05) is 0 Å². The number of hydrogen-bond acceptors (Lipinski definition) is 7. The van der Waals surface area contributed by atoms with Crippen molar-refractivity contribution < 1.29 is 33.7 Å². The molecule has 1 aromatic carbocycles. The number of benzene rings is 1. The summed E-state index contributed by atoms with van der Waals surface area (Å²) in [4.78, 5) is 39.7. The lowest BCUT2D eigenvalue weighted by molar-refractivity contribution is -0.142. The van der Waals surface area contributed by atoms with Gasteiger partial charge in [0.1, 0.15) is 12.2 Å². The van der Waals surface area contributed by atoms with E-state index in [4.69, 9.17) is 19.3 Å². The third-order valence-corrected chi connectivity index (χ3v) is 5.47. The van der Waals surface area contributed by atoms with Crippen molar-refractivity contribution in [1.82, 2.24) is 4.90 Å². The normalized spacial score (nSPS) is 14.3. The Morgan fingerprint density at radius 2 is 1.56 bits per heavy atom. The van der Waals surface area contributed by atoms with Crippen molar-refractivity contribution in [3.8, 4) is 0 Å². The number of nitrogens with zero attached hydrogens (tertiary/aromatic N) is 2. The van der Waals surface area contributed by atoms with Gasteiger partial charge in [-0.3, -0.25) is 0 Å². The summed E-state index contributed by atoms with van der Waals surface area (Å²) in [5, 5.41) is 8.90. The third-order valence-electron chi connectivity index (χ3n) is 5.47. The van der Waals surface area contributed by atoms with Crippen molar-refractivity contribution in [1.29, 1.82) is 0 Å². The van der Waals surface area contributed by atoms with Crippen molar-refractivity contribution in [3.05, 3.63) is 27.8 Å². The molecule has 1 aliphatic rings. The van der Waals surface area contributed by atoms with E-state index in [-0.39, 0.29) is 12.7 Å². The number of piperazine rings is 1. The van der Waals surface area contributed by atoms with Gasteiger partial charge in [0, 0.05) is 31.9 Å². The highest BCUT2D eigenvalue weighted by atomic mass is 16.6. The zero-order valence-electron chi connectivity index (χ0n) is 20.0. The molecule has 1 saturated heterocycles. The molecule has 1 N–H and O–H groups in total. The Balaban J connectivity index is 2.35. The Hall–Kier alpha value is -2.81. The minimum absolute atomic E-state index is 0.0686. The van der Waals surface area contributed by atoms with Gasteiger partial charge in [-0.05, 0) is 63.8 Å². The molecule has 178 valence electrons. The zero-order chi connectivity index (χ0) is 24.2. The Kier molecular flexibility index (Phi) is 8.12. The van der Waals surface area contributed by atoms with Crippen LogP contribution in [0.25, 0.3) is 0 Å². The average Bonchev–Trinajstić information content (AvgIpc) is 2.69. The van der Waals surface area contributed by atoms with Crippen LogP contribution in [0.3, 0.4) is 0 Å². The summed E-state index contributed by atoms with van der Waals surface area (Å²) >= 11 is 0. The molecule has 0 radical (unpaired) electrons. The second-order valence-electron chi connectivity index (χ2n) is 8.91. The number of ether oxygens (including phenoxy) is 3. The highest BCUT2D eigenvalue weighted by Crippen LogP contribution is 2.35. The molecular weight excluding hydrogens is 416 g/mol. The molecule has 32 heavy (non-hydrogen) atoms. The number of aliphatic carboxylic acids is 1.